The van der Waals surface area contributed by atoms with E-state index in [0.717, 1.165) is 36.5 Å². The van der Waals surface area contributed by atoms with Crippen LogP contribution < -0.4 is 4.74 Å². The summed E-state index contributed by atoms with van der Waals surface area (Å²) in [5.41, 5.74) is 1.57. The van der Waals surface area contributed by atoms with Crippen LogP contribution in [0.25, 0.3) is 0 Å². The van der Waals surface area contributed by atoms with Gasteiger partial charge < -0.3 is 9.26 Å². The lowest BCUT2D eigenvalue weighted by Gasteiger charge is -2.05. The molecule has 0 bridgehead atoms. The van der Waals surface area contributed by atoms with Crippen molar-refractivity contribution in [3.05, 3.63) is 47.3 Å². The fourth-order valence-corrected chi connectivity index (χ4v) is 1.75. The summed E-state index contributed by atoms with van der Waals surface area (Å²) in [6.07, 6.45) is 2.85. The van der Waals surface area contributed by atoms with Gasteiger partial charge in [-0.15, -0.1) is 0 Å². The first kappa shape index (κ1) is 13.2. The third kappa shape index (κ3) is 4.14. The van der Waals surface area contributed by atoms with E-state index in [2.05, 4.69) is 11.2 Å². The van der Waals surface area contributed by atoms with Crippen LogP contribution in [-0.4, -0.2) is 11.8 Å². The van der Waals surface area contributed by atoms with Crippen LogP contribution in [0.4, 0.5) is 0 Å². The number of nitriles is 1. The van der Waals surface area contributed by atoms with Crippen LogP contribution in [0.1, 0.15) is 29.9 Å². The normalized spacial score (nSPS) is 10.1. The molecule has 1 aromatic carbocycles. The van der Waals surface area contributed by atoms with Gasteiger partial charge in [-0.2, -0.15) is 5.26 Å². The first-order valence-corrected chi connectivity index (χ1v) is 6.33. The first-order chi connectivity index (χ1) is 9.28. The van der Waals surface area contributed by atoms with Crippen LogP contribution in [0.15, 0.2) is 34.9 Å². The number of ether oxygens (including phenoxy) is 1. The minimum Gasteiger partial charge on any atom is -0.494 e. The third-order valence-electron chi connectivity index (χ3n) is 2.75. The third-order valence-corrected chi connectivity index (χ3v) is 2.75. The molecule has 2 rings (SSSR count). The van der Waals surface area contributed by atoms with Gasteiger partial charge in [-0.3, -0.25) is 0 Å². The van der Waals surface area contributed by atoms with E-state index in [0.29, 0.717) is 12.2 Å². The fourth-order valence-electron chi connectivity index (χ4n) is 1.75. The number of aromatic nitrogens is 1. The molecule has 0 spiro atoms. The fraction of sp³-hybridized carbons (Fsp3) is 0.333. The Kier molecular flexibility index (Phi) is 4.57. The molecular formula is C15H16N2O2. The van der Waals surface area contributed by atoms with Crippen LogP contribution >= 0.6 is 0 Å². The van der Waals surface area contributed by atoms with Crippen molar-refractivity contribution in [2.75, 3.05) is 6.61 Å². The van der Waals surface area contributed by atoms with Gasteiger partial charge in [-0.1, -0.05) is 5.16 Å². The van der Waals surface area contributed by atoms with Crippen LogP contribution in [0, 0.1) is 18.3 Å². The molecule has 1 aromatic heterocycles. The zero-order valence-electron chi connectivity index (χ0n) is 10.9. The number of rotatable bonds is 6. The molecule has 0 radical (unpaired) electrons. The summed E-state index contributed by atoms with van der Waals surface area (Å²) in [5, 5.41) is 12.5. The average molecular weight is 256 g/mol. The number of hydrogen-bond acceptors (Lipinski definition) is 4. The first-order valence-electron chi connectivity index (χ1n) is 6.33. The van der Waals surface area contributed by atoms with Crippen molar-refractivity contribution >= 4 is 0 Å². The number of nitrogens with zero attached hydrogens (tertiary/aromatic N) is 2. The summed E-state index contributed by atoms with van der Waals surface area (Å²) in [7, 11) is 0. The topological polar surface area (TPSA) is 59.0 Å². The van der Waals surface area contributed by atoms with Crippen molar-refractivity contribution in [1.29, 1.82) is 5.26 Å². The van der Waals surface area contributed by atoms with Crippen LogP contribution in [-0.2, 0) is 6.42 Å². The second-order valence-corrected chi connectivity index (χ2v) is 4.38. The summed E-state index contributed by atoms with van der Waals surface area (Å²) in [6, 6.07) is 11.2. The van der Waals surface area contributed by atoms with Gasteiger partial charge in [0.25, 0.3) is 0 Å². The minimum absolute atomic E-state index is 0.646. The quantitative estimate of drug-likeness (QED) is 0.744. The van der Waals surface area contributed by atoms with E-state index in [1.165, 1.54) is 0 Å². The predicted octanol–water partition coefficient (Wildman–Crippen LogP) is 3.26. The number of benzene rings is 1. The molecule has 1 heterocycles. The Morgan fingerprint density at radius 2 is 2.05 bits per heavy atom. The molecule has 98 valence electrons. The lowest BCUT2D eigenvalue weighted by molar-refractivity contribution is 0.302. The van der Waals surface area contributed by atoms with E-state index in [-0.39, 0.29) is 0 Å². The number of unbranched alkanes of at least 4 members (excludes halogenated alkanes) is 1. The Bertz CT molecular complexity index is 552. The molecule has 0 fully saturated rings. The molecule has 0 aliphatic carbocycles. The van der Waals surface area contributed by atoms with Crippen molar-refractivity contribution < 1.29 is 9.26 Å². The highest BCUT2D eigenvalue weighted by Gasteiger charge is 2.00. The van der Waals surface area contributed by atoms with Crippen molar-refractivity contribution in [1.82, 2.24) is 5.16 Å². The van der Waals surface area contributed by atoms with E-state index in [4.69, 9.17) is 14.5 Å². The molecule has 0 saturated heterocycles. The molecular weight excluding hydrogens is 240 g/mol. The molecule has 4 heteroatoms. The average Bonchev–Trinajstić information content (AvgIpc) is 2.85. The summed E-state index contributed by atoms with van der Waals surface area (Å²) in [5.74, 6) is 1.73. The maximum atomic E-state index is 8.68. The highest BCUT2D eigenvalue weighted by atomic mass is 16.5. The van der Waals surface area contributed by atoms with Crippen LogP contribution in [0.5, 0.6) is 5.75 Å². The number of aryl methyl sites for hydroxylation is 2. The largest absolute Gasteiger partial charge is 0.494 e. The van der Waals surface area contributed by atoms with Gasteiger partial charge in [0.1, 0.15) is 11.5 Å². The molecule has 0 N–H and O–H groups in total. The highest BCUT2D eigenvalue weighted by Crippen LogP contribution is 2.12. The Labute approximate surface area is 112 Å². The predicted molar refractivity (Wildman–Crippen MR) is 70.8 cm³/mol. The second-order valence-electron chi connectivity index (χ2n) is 4.38. The lowest BCUT2D eigenvalue weighted by Crippen LogP contribution is -1.98. The Hall–Kier alpha value is -2.28. The molecule has 2 aromatic rings. The smallest absolute Gasteiger partial charge is 0.136 e. The molecule has 0 saturated carbocycles. The Morgan fingerprint density at radius 1 is 1.26 bits per heavy atom. The zero-order chi connectivity index (χ0) is 13.5. The van der Waals surface area contributed by atoms with Crippen LogP contribution in [0.3, 0.4) is 0 Å². The van der Waals surface area contributed by atoms with Gasteiger partial charge in [0.2, 0.25) is 0 Å². The van der Waals surface area contributed by atoms with Crippen molar-refractivity contribution in [3.63, 3.8) is 0 Å². The van der Waals surface area contributed by atoms with E-state index >= 15 is 0 Å². The highest BCUT2D eigenvalue weighted by molar-refractivity contribution is 5.34. The van der Waals surface area contributed by atoms with Crippen molar-refractivity contribution in [2.45, 2.75) is 26.2 Å². The zero-order valence-corrected chi connectivity index (χ0v) is 10.9. The van der Waals surface area contributed by atoms with Crippen LogP contribution in [0.2, 0.25) is 0 Å². The molecule has 0 aliphatic heterocycles. The number of hydrogen-bond donors (Lipinski definition) is 0. The van der Waals surface area contributed by atoms with Crippen molar-refractivity contribution in [3.8, 4) is 11.8 Å². The van der Waals surface area contributed by atoms with Crippen molar-refractivity contribution in [2.24, 2.45) is 0 Å². The van der Waals surface area contributed by atoms with E-state index in [9.17, 15) is 0 Å². The van der Waals surface area contributed by atoms with Gasteiger partial charge in [0.15, 0.2) is 0 Å². The summed E-state index contributed by atoms with van der Waals surface area (Å²) < 4.78 is 10.7. The van der Waals surface area contributed by atoms with Gasteiger partial charge >= 0.3 is 0 Å². The molecule has 19 heavy (non-hydrogen) atoms. The van der Waals surface area contributed by atoms with Gasteiger partial charge in [-0.25, -0.2) is 0 Å². The second kappa shape index (κ2) is 6.60. The maximum Gasteiger partial charge on any atom is 0.136 e. The summed E-state index contributed by atoms with van der Waals surface area (Å²) in [4.78, 5) is 0. The molecule has 4 nitrogen and oxygen atoms in total. The standard InChI is InChI=1S/C15H16N2O2/c1-12-10-15(19-17-12)4-2-3-9-18-14-7-5-13(11-16)6-8-14/h5-8,10H,2-4,9H2,1H3. The molecule has 0 unspecified atom stereocenters. The monoisotopic (exact) mass is 256 g/mol. The maximum absolute atomic E-state index is 8.68. The molecule has 0 amide bonds. The Morgan fingerprint density at radius 3 is 2.68 bits per heavy atom. The van der Waals surface area contributed by atoms with E-state index in [1.54, 1.807) is 12.1 Å². The minimum atomic E-state index is 0.646. The molecule has 0 atom stereocenters. The van der Waals surface area contributed by atoms with E-state index < -0.39 is 0 Å². The Balaban J connectivity index is 1.65. The summed E-state index contributed by atoms with van der Waals surface area (Å²) >= 11 is 0. The SMILES string of the molecule is Cc1cc(CCCCOc2ccc(C#N)cc2)on1. The lowest BCUT2D eigenvalue weighted by atomic mass is 10.2. The summed E-state index contributed by atoms with van der Waals surface area (Å²) in [6.45, 7) is 2.58. The van der Waals surface area contributed by atoms with Gasteiger partial charge in [0, 0.05) is 12.5 Å². The molecule has 0 aliphatic rings. The van der Waals surface area contributed by atoms with E-state index in [1.807, 2.05) is 25.1 Å². The van der Waals surface area contributed by atoms with Gasteiger partial charge in [0.05, 0.1) is 23.9 Å². The van der Waals surface area contributed by atoms with Gasteiger partial charge in [-0.05, 0) is 44.0 Å².